The highest BCUT2D eigenvalue weighted by Crippen LogP contribution is 1.97. The number of aliphatic carboxylic acids is 1. The summed E-state index contributed by atoms with van der Waals surface area (Å²) >= 11 is 0. The molecule has 1 unspecified atom stereocenters. The summed E-state index contributed by atoms with van der Waals surface area (Å²) in [5.74, 6) is -0.853. The van der Waals surface area contributed by atoms with Crippen LogP contribution < -0.4 is 16.0 Å². The van der Waals surface area contributed by atoms with E-state index in [1.54, 1.807) is 19.1 Å². The summed E-state index contributed by atoms with van der Waals surface area (Å²) in [6.45, 7) is 1.56. The Morgan fingerprint density at radius 3 is 2.70 bits per heavy atom. The third-order valence-electron chi connectivity index (χ3n) is 2.30. The van der Waals surface area contributed by atoms with Crippen molar-refractivity contribution in [2.75, 3.05) is 6.54 Å². The molecule has 0 radical (unpaired) electrons. The average Bonchev–Trinajstić information content (AvgIpc) is 2.85. The summed E-state index contributed by atoms with van der Waals surface area (Å²) in [7, 11) is 0. The maximum atomic E-state index is 11.4. The van der Waals surface area contributed by atoms with E-state index in [1.165, 1.54) is 6.26 Å². The quantitative estimate of drug-likeness (QED) is 0.564. The third-order valence-corrected chi connectivity index (χ3v) is 2.30. The molecule has 0 aliphatic rings. The van der Waals surface area contributed by atoms with Gasteiger partial charge in [0.2, 0.25) is 5.91 Å². The zero-order valence-electron chi connectivity index (χ0n) is 11.0. The fourth-order valence-corrected chi connectivity index (χ4v) is 1.44. The second-order valence-electron chi connectivity index (χ2n) is 4.18. The monoisotopic (exact) mass is 283 g/mol. The topological polar surface area (TPSA) is 121 Å². The van der Waals surface area contributed by atoms with Crippen LogP contribution in [0.1, 0.15) is 19.1 Å². The van der Waals surface area contributed by atoms with E-state index in [2.05, 4.69) is 16.0 Å². The number of hydrogen-bond acceptors (Lipinski definition) is 4. The van der Waals surface area contributed by atoms with Gasteiger partial charge in [0.15, 0.2) is 0 Å². The largest absolute Gasteiger partial charge is 0.481 e. The average molecular weight is 283 g/mol. The number of urea groups is 1. The number of hydrogen-bond donors (Lipinski definition) is 4. The standard InChI is InChI=1S/C12H17N3O5/c1-8(5-11(17)18)15-10(16)7-14-12(19)13-6-9-3-2-4-20-9/h2-4,8H,5-7H2,1H3,(H,15,16)(H,17,18)(H2,13,14,19). The lowest BCUT2D eigenvalue weighted by Gasteiger charge is -2.12. The minimum absolute atomic E-state index is 0.170. The smallest absolute Gasteiger partial charge is 0.315 e. The first-order chi connectivity index (χ1) is 9.47. The van der Waals surface area contributed by atoms with Crippen molar-refractivity contribution in [3.63, 3.8) is 0 Å². The second-order valence-corrected chi connectivity index (χ2v) is 4.18. The molecule has 1 rings (SSSR count). The lowest BCUT2D eigenvalue weighted by molar-refractivity contribution is -0.137. The molecule has 1 heterocycles. The first-order valence-corrected chi connectivity index (χ1v) is 6.02. The predicted molar refractivity (Wildman–Crippen MR) is 68.8 cm³/mol. The third kappa shape index (κ3) is 6.43. The Balaban J connectivity index is 2.16. The molecule has 0 aromatic carbocycles. The van der Waals surface area contributed by atoms with Gasteiger partial charge in [-0.3, -0.25) is 9.59 Å². The molecule has 1 aromatic heterocycles. The Morgan fingerprint density at radius 1 is 1.35 bits per heavy atom. The predicted octanol–water partition coefficient (Wildman–Crippen LogP) is 0.0582. The van der Waals surface area contributed by atoms with Crippen molar-refractivity contribution in [2.45, 2.75) is 25.9 Å². The molecule has 3 amide bonds. The molecule has 0 fully saturated rings. The molecule has 1 atom stereocenters. The van der Waals surface area contributed by atoms with Crippen LogP contribution >= 0.6 is 0 Å². The van der Waals surface area contributed by atoms with Gasteiger partial charge in [-0.1, -0.05) is 0 Å². The van der Waals surface area contributed by atoms with Crippen molar-refractivity contribution in [3.8, 4) is 0 Å². The Hall–Kier alpha value is -2.51. The van der Waals surface area contributed by atoms with Crippen molar-refractivity contribution in [2.24, 2.45) is 0 Å². The van der Waals surface area contributed by atoms with Gasteiger partial charge in [0.05, 0.1) is 25.8 Å². The lowest BCUT2D eigenvalue weighted by Crippen LogP contribution is -2.44. The maximum Gasteiger partial charge on any atom is 0.315 e. The number of carbonyl (C=O) groups excluding carboxylic acids is 2. The Morgan fingerprint density at radius 2 is 2.10 bits per heavy atom. The molecule has 8 heteroatoms. The SMILES string of the molecule is CC(CC(=O)O)NC(=O)CNC(=O)NCc1ccco1. The number of carboxylic acids is 1. The van der Waals surface area contributed by atoms with Gasteiger partial charge in [0.1, 0.15) is 5.76 Å². The lowest BCUT2D eigenvalue weighted by atomic mass is 10.2. The Labute approximate surface area is 115 Å². The van der Waals surface area contributed by atoms with Crippen molar-refractivity contribution in [1.82, 2.24) is 16.0 Å². The second kappa shape index (κ2) is 7.82. The van der Waals surface area contributed by atoms with Crippen LogP contribution in [0.25, 0.3) is 0 Å². The number of nitrogens with one attached hydrogen (secondary N) is 3. The summed E-state index contributed by atoms with van der Waals surface area (Å²) in [5.41, 5.74) is 0. The molecule has 0 saturated heterocycles. The van der Waals surface area contributed by atoms with Crippen LogP contribution in [0.2, 0.25) is 0 Å². The van der Waals surface area contributed by atoms with Crippen LogP contribution in [-0.4, -0.2) is 35.6 Å². The first kappa shape index (κ1) is 15.5. The highest BCUT2D eigenvalue weighted by molar-refractivity contribution is 5.84. The van der Waals surface area contributed by atoms with E-state index in [1.807, 2.05) is 0 Å². The van der Waals surface area contributed by atoms with E-state index >= 15 is 0 Å². The molecule has 4 N–H and O–H groups in total. The normalized spacial score (nSPS) is 11.4. The summed E-state index contributed by atoms with van der Waals surface area (Å²) < 4.78 is 5.02. The van der Waals surface area contributed by atoms with Gasteiger partial charge >= 0.3 is 12.0 Å². The van der Waals surface area contributed by atoms with Crippen molar-refractivity contribution >= 4 is 17.9 Å². The molecule has 20 heavy (non-hydrogen) atoms. The van der Waals surface area contributed by atoms with Crippen LogP contribution in [-0.2, 0) is 16.1 Å². The van der Waals surface area contributed by atoms with Crippen molar-refractivity contribution < 1.29 is 23.9 Å². The minimum atomic E-state index is -0.998. The van der Waals surface area contributed by atoms with E-state index in [9.17, 15) is 14.4 Å². The van der Waals surface area contributed by atoms with E-state index in [4.69, 9.17) is 9.52 Å². The molecule has 110 valence electrons. The van der Waals surface area contributed by atoms with Gasteiger partial charge < -0.3 is 25.5 Å². The highest BCUT2D eigenvalue weighted by atomic mass is 16.4. The van der Waals surface area contributed by atoms with Gasteiger partial charge in [-0.25, -0.2) is 4.79 Å². The summed E-state index contributed by atoms with van der Waals surface area (Å²) in [6.07, 6.45) is 1.32. The molecule has 1 aromatic rings. The number of carbonyl (C=O) groups is 3. The molecule has 0 aliphatic heterocycles. The fraction of sp³-hybridized carbons (Fsp3) is 0.417. The first-order valence-electron chi connectivity index (χ1n) is 6.02. The van der Waals surface area contributed by atoms with Crippen molar-refractivity contribution in [3.05, 3.63) is 24.2 Å². The molecular weight excluding hydrogens is 266 g/mol. The minimum Gasteiger partial charge on any atom is -0.481 e. The molecule has 8 nitrogen and oxygen atoms in total. The molecule has 0 aliphatic carbocycles. The summed E-state index contributed by atoms with van der Waals surface area (Å²) in [6, 6.07) is 2.41. The van der Waals surface area contributed by atoms with Gasteiger partial charge in [0.25, 0.3) is 0 Å². The van der Waals surface area contributed by atoms with Gasteiger partial charge in [-0.15, -0.1) is 0 Å². The molecule has 0 spiro atoms. The van der Waals surface area contributed by atoms with E-state index < -0.39 is 23.9 Å². The van der Waals surface area contributed by atoms with Gasteiger partial charge in [-0.2, -0.15) is 0 Å². The molecule has 0 bridgehead atoms. The Kier molecular flexibility index (Phi) is 6.08. The molecular formula is C12H17N3O5. The zero-order valence-corrected chi connectivity index (χ0v) is 11.0. The van der Waals surface area contributed by atoms with Crippen LogP contribution in [0.15, 0.2) is 22.8 Å². The Bertz CT molecular complexity index is 458. The highest BCUT2D eigenvalue weighted by Gasteiger charge is 2.11. The van der Waals surface area contributed by atoms with Crippen LogP contribution in [0.3, 0.4) is 0 Å². The maximum absolute atomic E-state index is 11.4. The summed E-state index contributed by atoms with van der Waals surface area (Å²) in [5, 5.41) is 15.9. The van der Waals surface area contributed by atoms with Gasteiger partial charge in [0, 0.05) is 6.04 Å². The number of rotatable bonds is 7. The van der Waals surface area contributed by atoms with Crippen molar-refractivity contribution in [1.29, 1.82) is 0 Å². The number of amides is 3. The van der Waals surface area contributed by atoms with Crippen LogP contribution in [0.4, 0.5) is 4.79 Å². The summed E-state index contributed by atoms with van der Waals surface area (Å²) in [4.78, 5) is 33.2. The number of carboxylic acid groups (broad SMARTS) is 1. The van der Waals surface area contributed by atoms with E-state index in [0.29, 0.717) is 5.76 Å². The van der Waals surface area contributed by atoms with E-state index in [0.717, 1.165) is 0 Å². The molecule has 0 saturated carbocycles. The number of furan rings is 1. The van der Waals surface area contributed by atoms with Crippen LogP contribution in [0, 0.1) is 0 Å². The van der Waals surface area contributed by atoms with Gasteiger partial charge in [-0.05, 0) is 19.1 Å². The van der Waals surface area contributed by atoms with E-state index in [-0.39, 0.29) is 19.5 Å². The zero-order chi connectivity index (χ0) is 15.0. The fourth-order valence-electron chi connectivity index (χ4n) is 1.44. The van der Waals surface area contributed by atoms with Crippen LogP contribution in [0.5, 0.6) is 0 Å².